The molecule has 0 aliphatic rings. The number of nitriles is 1. The molecule has 0 aromatic heterocycles. The van der Waals surface area contributed by atoms with Crippen molar-refractivity contribution in [2.24, 2.45) is 0 Å². The number of hydrogen-bond donors (Lipinski definition) is 1. The summed E-state index contributed by atoms with van der Waals surface area (Å²) in [7, 11) is 0. The molecule has 18 heavy (non-hydrogen) atoms. The molecule has 0 unspecified atom stereocenters. The van der Waals surface area contributed by atoms with E-state index in [1.54, 1.807) is 12.1 Å². The number of ether oxygens (including phenoxy) is 1. The van der Waals surface area contributed by atoms with Gasteiger partial charge in [0.25, 0.3) is 0 Å². The monoisotopic (exact) mass is 306 g/mol. The summed E-state index contributed by atoms with van der Waals surface area (Å²) in [5.41, 5.74) is 6.34. The van der Waals surface area contributed by atoms with Crippen LogP contribution < -0.4 is 10.5 Å². The number of benzene rings is 2. The maximum Gasteiger partial charge on any atom is 0.137 e. The van der Waals surface area contributed by atoms with Gasteiger partial charge in [0.05, 0.1) is 10.0 Å². The molecule has 0 aliphatic heterocycles. The minimum absolute atomic E-state index is 0.316. The summed E-state index contributed by atoms with van der Waals surface area (Å²) in [5.74, 6) is 0.577. The molecule has 5 heteroatoms. The Morgan fingerprint density at radius 2 is 1.83 bits per heavy atom. The second-order valence-corrected chi connectivity index (χ2v) is 4.39. The first-order valence-corrected chi connectivity index (χ1v) is 5.82. The number of anilines is 1. The van der Waals surface area contributed by atoms with E-state index in [1.807, 2.05) is 6.07 Å². The van der Waals surface area contributed by atoms with Gasteiger partial charge in [-0.3, -0.25) is 0 Å². The van der Waals surface area contributed by atoms with E-state index >= 15 is 0 Å². The maximum absolute atomic E-state index is 13.0. The van der Waals surface area contributed by atoms with Gasteiger partial charge in [-0.1, -0.05) is 0 Å². The molecule has 0 amide bonds. The Morgan fingerprint density at radius 1 is 1.17 bits per heavy atom. The van der Waals surface area contributed by atoms with E-state index < -0.39 is 0 Å². The van der Waals surface area contributed by atoms with Gasteiger partial charge in [0.15, 0.2) is 0 Å². The van der Waals surface area contributed by atoms with E-state index in [9.17, 15) is 4.39 Å². The molecule has 2 aromatic rings. The highest BCUT2D eigenvalue weighted by Gasteiger charge is 2.05. The molecule has 0 atom stereocenters. The fourth-order valence-electron chi connectivity index (χ4n) is 1.37. The van der Waals surface area contributed by atoms with Crippen LogP contribution in [0.4, 0.5) is 10.1 Å². The molecular formula is C13H8BrFN2O. The molecule has 0 saturated carbocycles. The second-order valence-electron chi connectivity index (χ2n) is 3.54. The Balaban J connectivity index is 2.29. The highest BCUT2D eigenvalue weighted by Crippen LogP contribution is 2.28. The predicted molar refractivity (Wildman–Crippen MR) is 69.7 cm³/mol. The van der Waals surface area contributed by atoms with Crippen molar-refractivity contribution in [2.75, 3.05) is 5.73 Å². The maximum atomic E-state index is 13.0. The number of nitrogen functional groups attached to an aromatic ring is 1. The van der Waals surface area contributed by atoms with Crippen LogP contribution in [0.2, 0.25) is 0 Å². The summed E-state index contributed by atoms with van der Waals surface area (Å²) in [6, 6.07) is 11.0. The van der Waals surface area contributed by atoms with E-state index in [2.05, 4.69) is 15.9 Å². The second kappa shape index (κ2) is 5.07. The van der Waals surface area contributed by atoms with E-state index in [0.717, 1.165) is 0 Å². The number of rotatable bonds is 2. The minimum Gasteiger partial charge on any atom is -0.457 e. The van der Waals surface area contributed by atoms with Crippen LogP contribution in [-0.2, 0) is 0 Å². The van der Waals surface area contributed by atoms with E-state index in [0.29, 0.717) is 27.2 Å². The summed E-state index contributed by atoms with van der Waals surface area (Å²) in [5, 5.41) is 8.85. The summed E-state index contributed by atoms with van der Waals surface area (Å²) in [4.78, 5) is 0. The summed E-state index contributed by atoms with van der Waals surface area (Å²) in [6.07, 6.45) is 0. The molecule has 2 N–H and O–H groups in total. The lowest BCUT2D eigenvalue weighted by molar-refractivity contribution is 0.480. The fraction of sp³-hybridized carbons (Fsp3) is 0. The third kappa shape index (κ3) is 2.60. The summed E-state index contributed by atoms with van der Waals surface area (Å²) >= 11 is 3.07. The van der Waals surface area contributed by atoms with Crippen LogP contribution in [0, 0.1) is 17.1 Å². The first-order valence-electron chi connectivity index (χ1n) is 5.02. The van der Waals surface area contributed by atoms with Crippen molar-refractivity contribution in [3.8, 4) is 17.6 Å². The Kier molecular flexibility index (Phi) is 3.49. The van der Waals surface area contributed by atoms with Crippen molar-refractivity contribution >= 4 is 21.6 Å². The molecule has 0 fully saturated rings. The van der Waals surface area contributed by atoms with Gasteiger partial charge < -0.3 is 10.5 Å². The molecule has 2 rings (SSSR count). The zero-order valence-electron chi connectivity index (χ0n) is 9.15. The molecule has 0 heterocycles. The Bertz CT molecular complexity index is 637. The van der Waals surface area contributed by atoms with Crippen molar-refractivity contribution in [1.82, 2.24) is 0 Å². The van der Waals surface area contributed by atoms with Crippen molar-refractivity contribution in [3.63, 3.8) is 0 Å². The van der Waals surface area contributed by atoms with Crippen LogP contribution in [0.15, 0.2) is 40.9 Å². The summed E-state index contributed by atoms with van der Waals surface area (Å²) in [6.45, 7) is 0. The van der Waals surface area contributed by atoms with Gasteiger partial charge in [0.1, 0.15) is 23.4 Å². The van der Waals surface area contributed by atoms with Crippen molar-refractivity contribution in [3.05, 3.63) is 52.3 Å². The smallest absolute Gasteiger partial charge is 0.137 e. The van der Waals surface area contributed by atoms with Gasteiger partial charge >= 0.3 is 0 Å². The van der Waals surface area contributed by atoms with Gasteiger partial charge in [-0.2, -0.15) is 5.26 Å². The molecule has 90 valence electrons. The Hall–Kier alpha value is -2.06. The predicted octanol–water partition coefficient (Wildman–Crippen LogP) is 3.83. The molecule has 0 radical (unpaired) electrons. The topological polar surface area (TPSA) is 59.0 Å². The highest BCUT2D eigenvalue weighted by molar-refractivity contribution is 9.10. The minimum atomic E-state index is -0.364. The van der Waals surface area contributed by atoms with Gasteiger partial charge in [0, 0.05) is 11.8 Å². The van der Waals surface area contributed by atoms with Crippen LogP contribution in [0.25, 0.3) is 0 Å². The first-order chi connectivity index (χ1) is 8.60. The van der Waals surface area contributed by atoms with E-state index in [-0.39, 0.29) is 5.82 Å². The number of halogens is 2. The zero-order chi connectivity index (χ0) is 13.1. The van der Waals surface area contributed by atoms with Crippen LogP contribution in [-0.4, -0.2) is 0 Å². The summed E-state index contributed by atoms with van der Waals surface area (Å²) < 4.78 is 18.9. The third-order valence-corrected chi connectivity index (χ3v) is 2.88. The van der Waals surface area contributed by atoms with Crippen LogP contribution in [0.5, 0.6) is 11.5 Å². The fourth-order valence-corrected chi connectivity index (χ4v) is 1.73. The Labute approximate surface area is 112 Å². The van der Waals surface area contributed by atoms with Crippen LogP contribution in [0.1, 0.15) is 5.56 Å². The first kappa shape index (κ1) is 12.4. The van der Waals surface area contributed by atoms with Crippen molar-refractivity contribution in [2.45, 2.75) is 0 Å². The van der Waals surface area contributed by atoms with Gasteiger partial charge in [0.2, 0.25) is 0 Å². The average molecular weight is 307 g/mol. The lowest BCUT2D eigenvalue weighted by atomic mass is 10.2. The van der Waals surface area contributed by atoms with Gasteiger partial charge in [-0.25, -0.2) is 4.39 Å². The lowest BCUT2D eigenvalue weighted by Crippen LogP contribution is -1.92. The third-order valence-electron chi connectivity index (χ3n) is 2.27. The SMILES string of the molecule is N#Cc1cc(Oc2ccc(F)c(Br)c2)ccc1N. The molecule has 0 saturated heterocycles. The molecule has 0 aliphatic carbocycles. The van der Waals surface area contributed by atoms with Crippen LogP contribution in [0.3, 0.4) is 0 Å². The number of hydrogen-bond acceptors (Lipinski definition) is 3. The number of nitrogens with two attached hydrogens (primary N) is 1. The normalized spacial score (nSPS) is 9.83. The standard InChI is InChI=1S/C13H8BrFN2O/c14-11-6-10(1-3-12(11)15)18-9-2-4-13(17)8(5-9)7-16/h1-6H,17H2. The Morgan fingerprint density at radius 3 is 2.50 bits per heavy atom. The van der Waals surface area contributed by atoms with Crippen molar-refractivity contribution < 1.29 is 9.13 Å². The molecule has 0 spiro atoms. The van der Waals surface area contributed by atoms with Gasteiger partial charge in [-0.15, -0.1) is 0 Å². The quantitative estimate of drug-likeness (QED) is 0.858. The van der Waals surface area contributed by atoms with Crippen molar-refractivity contribution in [1.29, 1.82) is 5.26 Å². The zero-order valence-corrected chi connectivity index (χ0v) is 10.7. The number of nitrogens with zero attached hydrogens (tertiary/aromatic N) is 1. The van der Waals surface area contributed by atoms with E-state index in [1.165, 1.54) is 24.3 Å². The lowest BCUT2D eigenvalue weighted by Gasteiger charge is -2.07. The largest absolute Gasteiger partial charge is 0.457 e. The average Bonchev–Trinajstić information content (AvgIpc) is 2.36. The molecule has 2 aromatic carbocycles. The molecule has 3 nitrogen and oxygen atoms in total. The van der Waals surface area contributed by atoms with E-state index in [4.69, 9.17) is 15.7 Å². The van der Waals surface area contributed by atoms with Crippen LogP contribution >= 0.6 is 15.9 Å². The van der Waals surface area contributed by atoms with Gasteiger partial charge in [-0.05, 0) is 46.3 Å². The highest BCUT2D eigenvalue weighted by atomic mass is 79.9. The molecular weight excluding hydrogens is 299 g/mol. The molecule has 0 bridgehead atoms.